The van der Waals surface area contributed by atoms with Crippen LogP contribution in [-0.4, -0.2) is 5.11 Å². The van der Waals surface area contributed by atoms with Gasteiger partial charge in [0.2, 0.25) is 0 Å². The summed E-state index contributed by atoms with van der Waals surface area (Å²) in [5, 5.41) is 9.88. The number of hydrogen-bond donors (Lipinski definition) is 1. The zero-order chi connectivity index (χ0) is 10.0. The van der Waals surface area contributed by atoms with Crippen LogP contribution in [0.25, 0.3) is 0 Å². The van der Waals surface area contributed by atoms with Crippen LogP contribution in [0.4, 0.5) is 0 Å². The van der Waals surface area contributed by atoms with Crippen molar-refractivity contribution in [3.05, 3.63) is 31.8 Å². The summed E-state index contributed by atoms with van der Waals surface area (Å²) in [6, 6.07) is 5.97. The van der Waals surface area contributed by atoms with Crippen LogP contribution in [0.1, 0.15) is 25.5 Å². The van der Waals surface area contributed by atoms with Gasteiger partial charge in [-0.2, -0.15) is 0 Å². The lowest BCUT2D eigenvalue weighted by atomic mass is 9.99. The van der Waals surface area contributed by atoms with Crippen LogP contribution in [-0.2, 0) is 0 Å². The largest absolute Gasteiger partial charge is 0.388 e. The van der Waals surface area contributed by atoms with Crippen molar-refractivity contribution in [3.63, 3.8) is 0 Å². The molecule has 0 aliphatic rings. The SMILES string of the molecule is CC(C)C(O)c1cc(Br)ccc1I. The first-order valence-corrected chi connectivity index (χ1v) is 6.02. The molecule has 0 saturated carbocycles. The first-order valence-electron chi connectivity index (χ1n) is 4.15. The second-order valence-corrected chi connectivity index (χ2v) is 5.43. The fourth-order valence-electron chi connectivity index (χ4n) is 1.10. The molecular formula is C10H12BrIO. The van der Waals surface area contributed by atoms with E-state index >= 15 is 0 Å². The molecule has 72 valence electrons. The van der Waals surface area contributed by atoms with Crippen LogP contribution in [0.3, 0.4) is 0 Å². The standard InChI is InChI=1S/C10H12BrIO/c1-6(2)10(13)8-5-7(11)3-4-9(8)12/h3-6,10,13H,1-2H3. The second-order valence-electron chi connectivity index (χ2n) is 3.35. The van der Waals surface area contributed by atoms with E-state index in [1.807, 2.05) is 32.0 Å². The molecule has 1 aromatic rings. The maximum absolute atomic E-state index is 9.88. The molecule has 1 aromatic carbocycles. The number of halogens is 2. The molecule has 1 atom stereocenters. The second kappa shape index (κ2) is 4.75. The molecule has 0 amide bonds. The molecule has 0 aromatic heterocycles. The minimum Gasteiger partial charge on any atom is -0.388 e. The molecule has 1 nitrogen and oxygen atoms in total. The lowest BCUT2D eigenvalue weighted by Gasteiger charge is -2.16. The molecule has 0 aliphatic heterocycles. The van der Waals surface area contributed by atoms with E-state index in [9.17, 15) is 5.11 Å². The van der Waals surface area contributed by atoms with E-state index < -0.39 is 0 Å². The van der Waals surface area contributed by atoms with Crippen LogP contribution < -0.4 is 0 Å². The van der Waals surface area contributed by atoms with Crippen molar-refractivity contribution in [2.75, 3.05) is 0 Å². The van der Waals surface area contributed by atoms with Gasteiger partial charge >= 0.3 is 0 Å². The fraction of sp³-hybridized carbons (Fsp3) is 0.400. The minimum atomic E-state index is -0.371. The predicted octanol–water partition coefficient (Wildman–Crippen LogP) is 3.74. The van der Waals surface area contributed by atoms with Gasteiger partial charge in [0.1, 0.15) is 0 Å². The summed E-state index contributed by atoms with van der Waals surface area (Å²) in [7, 11) is 0. The summed E-state index contributed by atoms with van der Waals surface area (Å²) in [4.78, 5) is 0. The normalized spacial score (nSPS) is 13.4. The quantitative estimate of drug-likeness (QED) is 0.802. The maximum Gasteiger partial charge on any atom is 0.0823 e. The zero-order valence-electron chi connectivity index (χ0n) is 7.59. The fourth-order valence-corrected chi connectivity index (χ4v) is 2.13. The van der Waals surface area contributed by atoms with Gasteiger partial charge in [0.05, 0.1) is 6.10 Å². The van der Waals surface area contributed by atoms with Crippen molar-refractivity contribution < 1.29 is 5.11 Å². The van der Waals surface area contributed by atoms with Crippen molar-refractivity contribution in [2.45, 2.75) is 20.0 Å². The molecule has 3 heteroatoms. The van der Waals surface area contributed by atoms with E-state index in [0.717, 1.165) is 13.6 Å². The van der Waals surface area contributed by atoms with E-state index in [0.29, 0.717) is 0 Å². The van der Waals surface area contributed by atoms with Crippen LogP contribution in [0, 0.1) is 9.49 Å². The number of rotatable bonds is 2. The predicted molar refractivity (Wildman–Crippen MR) is 66.7 cm³/mol. The van der Waals surface area contributed by atoms with Crippen LogP contribution in [0.15, 0.2) is 22.7 Å². The van der Waals surface area contributed by atoms with E-state index in [-0.39, 0.29) is 12.0 Å². The smallest absolute Gasteiger partial charge is 0.0823 e. The van der Waals surface area contributed by atoms with Gasteiger partial charge in [-0.1, -0.05) is 29.8 Å². The van der Waals surface area contributed by atoms with Gasteiger partial charge in [-0.3, -0.25) is 0 Å². The van der Waals surface area contributed by atoms with Crippen molar-refractivity contribution in [1.82, 2.24) is 0 Å². The van der Waals surface area contributed by atoms with Gasteiger partial charge in [0.15, 0.2) is 0 Å². The van der Waals surface area contributed by atoms with Crippen molar-refractivity contribution in [3.8, 4) is 0 Å². The molecule has 0 saturated heterocycles. The highest BCUT2D eigenvalue weighted by Gasteiger charge is 2.14. The highest BCUT2D eigenvalue weighted by molar-refractivity contribution is 14.1. The number of hydrogen-bond acceptors (Lipinski definition) is 1. The third kappa shape index (κ3) is 2.92. The first-order chi connectivity index (χ1) is 6.02. The molecule has 1 unspecified atom stereocenters. The van der Waals surface area contributed by atoms with Crippen LogP contribution in [0.2, 0.25) is 0 Å². The average molecular weight is 355 g/mol. The van der Waals surface area contributed by atoms with Crippen molar-refractivity contribution in [1.29, 1.82) is 0 Å². The van der Waals surface area contributed by atoms with Gasteiger partial charge in [0, 0.05) is 8.04 Å². The van der Waals surface area contributed by atoms with Crippen molar-refractivity contribution in [2.24, 2.45) is 5.92 Å². The summed E-state index contributed by atoms with van der Waals surface area (Å²) in [6.07, 6.45) is -0.371. The highest BCUT2D eigenvalue weighted by Crippen LogP contribution is 2.28. The van der Waals surface area contributed by atoms with E-state index in [1.165, 1.54) is 0 Å². The Morgan fingerprint density at radius 3 is 2.54 bits per heavy atom. The Morgan fingerprint density at radius 2 is 2.00 bits per heavy atom. The number of aliphatic hydroxyl groups is 1. The summed E-state index contributed by atoms with van der Waals surface area (Å²) in [6.45, 7) is 4.03. The maximum atomic E-state index is 9.88. The van der Waals surface area contributed by atoms with Gasteiger partial charge in [-0.15, -0.1) is 0 Å². The zero-order valence-corrected chi connectivity index (χ0v) is 11.3. The summed E-state index contributed by atoms with van der Waals surface area (Å²) in [5.74, 6) is 0.253. The Morgan fingerprint density at radius 1 is 1.38 bits per heavy atom. The van der Waals surface area contributed by atoms with E-state index in [4.69, 9.17) is 0 Å². The van der Waals surface area contributed by atoms with E-state index in [1.54, 1.807) is 0 Å². The molecule has 1 N–H and O–H groups in total. The lowest BCUT2D eigenvalue weighted by molar-refractivity contribution is 0.126. The molecule has 1 rings (SSSR count). The molecule has 0 radical (unpaired) electrons. The monoisotopic (exact) mass is 354 g/mol. The highest BCUT2D eigenvalue weighted by atomic mass is 127. The minimum absolute atomic E-state index is 0.253. The Labute approximate surface area is 101 Å². The summed E-state index contributed by atoms with van der Waals surface area (Å²) < 4.78 is 2.13. The number of aliphatic hydroxyl groups excluding tert-OH is 1. The molecule has 0 spiro atoms. The van der Waals surface area contributed by atoms with E-state index in [2.05, 4.69) is 38.5 Å². The van der Waals surface area contributed by atoms with Gasteiger partial charge in [0.25, 0.3) is 0 Å². The third-order valence-electron chi connectivity index (χ3n) is 1.91. The molecule has 0 fully saturated rings. The Bertz CT molecular complexity index is 299. The Balaban J connectivity index is 3.05. The van der Waals surface area contributed by atoms with Gasteiger partial charge in [-0.25, -0.2) is 0 Å². The lowest BCUT2D eigenvalue weighted by Crippen LogP contribution is -2.07. The Hall–Kier alpha value is 0.390. The summed E-state index contributed by atoms with van der Waals surface area (Å²) >= 11 is 5.64. The summed E-state index contributed by atoms with van der Waals surface area (Å²) in [5.41, 5.74) is 1.00. The van der Waals surface area contributed by atoms with Crippen LogP contribution in [0.5, 0.6) is 0 Å². The molecule has 0 aliphatic carbocycles. The first kappa shape index (κ1) is 11.5. The van der Waals surface area contributed by atoms with Crippen molar-refractivity contribution >= 4 is 38.5 Å². The third-order valence-corrected chi connectivity index (χ3v) is 3.38. The van der Waals surface area contributed by atoms with Crippen LogP contribution >= 0.6 is 38.5 Å². The molecule has 13 heavy (non-hydrogen) atoms. The van der Waals surface area contributed by atoms with Gasteiger partial charge in [-0.05, 0) is 52.3 Å². The van der Waals surface area contributed by atoms with Gasteiger partial charge < -0.3 is 5.11 Å². The number of benzene rings is 1. The average Bonchev–Trinajstić information content (AvgIpc) is 2.08. The molecule has 0 heterocycles. The molecule has 0 bridgehead atoms. The topological polar surface area (TPSA) is 20.2 Å². The molecular weight excluding hydrogens is 343 g/mol. The Kier molecular flexibility index (Phi) is 4.19.